The molecule has 0 unspecified atom stereocenters. The van der Waals surface area contributed by atoms with Crippen LogP contribution in [0, 0.1) is 0 Å². The van der Waals surface area contributed by atoms with Crippen LogP contribution in [0.15, 0.2) is 48.5 Å². The maximum Gasteiger partial charge on any atom is 0.309 e. The lowest BCUT2D eigenvalue weighted by Crippen LogP contribution is -2.07. The molecular formula is C17H19NO3. The molecule has 2 aromatic rings. The van der Waals surface area contributed by atoms with Gasteiger partial charge in [-0.2, -0.15) is 0 Å². The third kappa shape index (κ3) is 4.61. The van der Waals surface area contributed by atoms with Gasteiger partial charge in [0, 0.05) is 5.69 Å². The molecule has 0 aliphatic carbocycles. The summed E-state index contributed by atoms with van der Waals surface area (Å²) in [7, 11) is 1.39. The number of anilines is 1. The minimum absolute atomic E-state index is 0.249. The lowest BCUT2D eigenvalue weighted by Gasteiger charge is -2.09. The highest BCUT2D eigenvalue weighted by Crippen LogP contribution is 2.13. The predicted octanol–water partition coefficient (Wildman–Crippen LogP) is 2.70. The van der Waals surface area contributed by atoms with Gasteiger partial charge in [-0.15, -0.1) is 0 Å². The molecule has 0 saturated heterocycles. The number of methoxy groups -OCH3 is 1. The molecule has 2 aromatic carbocycles. The van der Waals surface area contributed by atoms with Gasteiger partial charge in [0.25, 0.3) is 0 Å². The number of hydrogen-bond donors (Lipinski definition) is 1. The Morgan fingerprint density at radius 2 is 1.67 bits per heavy atom. The Labute approximate surface area is 124 Å². The van der Waals surface area contributed by atoms with Gasteiger partial charge < -0.3 is 15.2 Å². The molecule has 0 aliphatic rings. The van der Waals surface area contributed by atoms with Crippen molar-refractivity contribution in [1.82, 2.24) is 0 Å². The summed E-state index contributed by atoms with van der Waals surface area (Å²) in [5, 5.41) is 0. The Morgan fingerprint density at radius 3 is 2.33 bits per heavy atom. The van der Waals surface area contributed by atoms with Crippen molar-refractivity contribution in [2.75, 3.05) is 12.8 Å². The molecule has 4 heteroatoms. The third-order valence-corrected chi connectivity index (χ3v) is 3.19. The number of carbonyl (C=O) groups is 1. The molecule has 4 nitrogen and oxygen atoms in total. The van der Waals surface area contributed by atoms with Crippen molar-refractivity contribution in [1.29, 1.82) is 0 Å². The summed E-state index contributed by atoms with van der Waals surface area (Å²) in [6, 6.07) is 15.3. The van der Waals surface area contributed by atoms with Gasteiger partial charge in [-0.25, -0.2) is 0 Å². The normalized spacial score (nSPS) is 10.3. The lowest BCUT2D eigenvalue weighted by atomic mass is 10.1. The standard InChI is InChI=1S/C17H19NO3/c1-20-17(19)10-14-4-2-3-5-15(14)12-21-11-13-6-8-16(18)9-7-13/h2-9H,10-12,18H2,1H3. The molecule has 21 heavy (non-hydrogen) atoms. The molecule has 0 heterocycles. The van der Waals surface area contributed by atoms with Crippen molar-refractivity contribution in [3.8, 4) is 0 Å². The molecule has 110 valence electrons. The van der Waals surface area contributed by atoms with Gasteiger partial charge in [-0.05, 0) is 28.8 Å². The second-order valence-corrected chi connectivity index (χ2v) is 4.76. The average Bonchev–Trinajstić information content (AvgIpc) is 2.51. The third-order valence-electron chi connectivity index (χ3n) is 3.19. The first-order valence-electron chi connectivity index (χ1n) is 6.75. The zero-order valence-corrected chi connectivity index (χ0v) is 12.0. The van der Waals surface area contributed by atoms with E-state index < -0.39 is 0 Å². The fraction of sp³-hybridized carbons (Fsp3) is 0.235. The molecule has 0 aliphatic heterocycles. The van der Waals surface area contributed by atoms with Crippen LogP contribution in [-0.2, 0) is 33.9 Å². The van der Waals surface area contributed by atoms with Crippen molar-refractivity contribution in [2.24, 2.45) is 0 Å². The largest absolute Gasteiger partial charge is 0.469 e. The van der Waals surface area contributed by atoms with E-state index in [0.717, 1.165) is 22.4 Å². The molecular weight excluding hydrogens is 266 g/mol. The second-order valence-electron chi connectivity index (χ2n) is 4.76. The Hall–Kier alpha value is -2.33. The number of hydrogen-bond acceptors (Lipinski definition) is 4. The molecule has 2 N–H and O–H groups in total. The van der Waals surface area contributed by atoms with E-state index >= 15 is 0 Å². The minimum Gasteiger partial charge on any atom is -0.469 e. The van der Waals surface area contributed by atoms with E-state index in [0.29, 0.717) is 13.2 Å². The number of nitrogens with two attached hydrogens (primary N) is 1. The Kier molecular flexibility index (Phi) is 5.35. The number of carbonyl (C=O) groups excluding carboxylic acids is 1. The van der Waals surface area contributed by atoms with Crippen molar-refractivity contribution >= 4 is 11.7 Å². The van der Waals surface area contributed by atoms with Crippen LogP contribution in [0.5, 0.6) is 0 Å². The summed E-state index contributed by atoms with van der Waals surface area (Å²) >= 11 is 0. The fourth-order valence-electron chi connectivity index (χ4n) is 1.99. The summed E-state index contributed by atoms with van der Waals surface area (Å²) in [6.07, 6.45) is 0.262. The maximum absolute atomic E-state index is 11.4. The quantitative estimate of drug-likeness (QED) is 0.655. The van der Waals surface area contributed by atoms with E-state index in [1.807, 2.05) is 48.5 Å². The summed E-state index contributed by atoms with van der Waals surface area (Å²) in [4.78, 5) is 11.4. The zero-order valence-electron chi connectivity index (χ0n) is 12.0. The van der Waals surface area contributed by atoms with Gasteiger partial charge in [0.1, 0.15) is 0 Å². The van der Waals surface area contributed by atoms with E-state index in [9.17, 15) is 4.79 Å². The Morgan fingerprint density at radius 1 is 1.00 bits per heavy atom. The van der Waals surface area contributed by atoms with Gasteiger partial charge in [0.15, 0.2) is 0 Å². The van der Waals surface area contributed by atoms with Crippen LogP contribution in [0.25, 0.3) is 0 Å². The molecule has 0 aromatic heterocycles. The number of rotatable bonds is 6. The smallest absolute Gasteiger partial charge is 0.309 e. The topological polar surface area (TPSA) is 61.5 Å². The van der Waals surface area contributed by atoms with Crippen molar-refractivity contribution < 1.29 is 14.3 Å². The van der Waals surface area contributed by atoms with Gasteiger partial charge in [0.2, 0.25) is 0 Å². The van der Waals surface area contributed by atoms with Crippen molar-refractivity contribution in [2.45, 2.75) is 19.6 Å². The van der Waals surface area contributed by atoms with E-state index in [2.05, 4.69) is 0 Å². The van der Waals surface area contributed by atoms with E-state index in [1.165, 1.54) is 7.11 Å². The highest BCUT2D eigenvalue weighted by Gasteiger charge is 2.07. The van der Waals surface area contributed by atoms with Gasteiger partial charge >= 0.3 is 5.97 Å². The number of ether oxygens (including phenoxy) is 2. The van der Waals surface area contributed by atoms with E-state index in [-0.39, 0.29) is 12.4 Å². The molecule has 0 fully saturated rings. The van der Waals surface area contributed by atoms with Crippen LogP contribution in [0.3, 0.4) is 0 Å². The second kappa shape index (κ2) is 7.45. The van der Waals surface area contributed by atoms with Gasteiger partial charge in [0.05, 0.1) is 26.7 Å². The Balaban J connectivity index is 1.93. The highest BCUT2D eigenvalue weighted by atomic mass is 16.5. The number of nitrogen functional groups attached to an aromatic ring is 1. The van der Waals surface area contributed by atoms with Crippen molar-refractivity contribution in [3.05, 3.63) is 65.2 Å². The van der Waals surface area contributed by atoms with Crippen LogP contribution >= 0.6 is 0 Å². The summed E-state index contributed by atoms with van der Waals surface area (Å²) in [5.74, 6) is -0.249. The van der Waals surface area contributed by atoms with Crippen molar-refractivity contribution in [3.63, 3.8) is 0 Å². The zero-order chi connectivity index (χ0) is 15.1. The van der Waals surface area contributed by atoms with Gasteiger partial charge in [-0.3, -0.25) is 4.79 Å². The first-order valence-corrected chi connectivity index (χ1v) is 6.75. The minimum atomic E-state index is -0.249. The lowest BCUT2D eigenvalue weighted by molar-refractivity contribution is -0.139. The molecule has 0 spiro atoms. The fourth-order valence-corrected chi connectivity index (χ4v) is 1.99. The molecule has 0 amide bonds. The summed E-state index contributed by atoms with van der Waals surface area (Å²) in [5.41, 5.74) is 9.37. The molecule has 0 atom stereocenters. The summed E-state index contributed by atoms with van der Waals surface area (Å²) in [6.45, 7) is 0.963. The first-order chi connectivity index (χ1) is 10.2. The van der Waals surface area contributed by atoms with Crippen LogP contribution in [0.2, 0.25) is 0 Å². The van der Waals surface area contributed by atoms with Gasteiger partial charge in [-0.1, -0.05) is 36.4 Å². The van der Waals surface area contributed by atoms with Crippen LogP contribution in [-0.4, -0.2) is 13.1 Å². The molecule has 0 radical (unpaired) electrons. The van der Waals surface area contributed by atoms with E-state index in [4.69, 9.17) is 15.2 Å². The van der Waals surface area contributed by atoms with Crippen LogP contribution in [0.1, 0.15) is 16.7 Å². The first kappa shape index (κ1) is 15.1. The summed E-state index contributed by atoms with van der Waals surface area (Å²) < 4.78 is 10.4. The van der Waals surface area contributed by atoms with Crippen LogP contribution < -0.4 is 5.73 Å². The molecule has 0 saturated carbocycles. The number of esters is 1. The predicted molar refractivity (Wildman–Crippen MR) is 81.5 cm³/mol. The molecule has 2 rings (SSSR count). The SMILES string of the molecule is COC(=O)Cc1ccccc1COCc1ccc(N)cc1. The average molecular weight is 285 g/mol. The monoisotopic (exact) mass is 285 g/mol. The van der Waals surface area contributed by atoms with Crippen LogP contribution in [0.4, 0.5) is 5.69 Å². The Bertz CT molecular complexity index is 593. The highest BCUT2D eigenvalue weighted by molar-refractivity contribution is 5.72. The maximum atomic E-state index is 11.4. The molecule has 0 bridgehead atoms. The van der Waals surface area contributed by atoms with E-state index in [1.54, 1.807) is 0 Å². The number of benzene rings is 2.